The first-order valence-electron chi connectivity index (χ1n) is 8.67. The molecule has 2 aromatic carbocycles. The van der Waals surface area contributed by atoms with Gasteiger partial charge in [-0.3, -0.25) is 0 Å². The molecule has 0 aliphatic rings. The van der Waals surface area contributed by atoms with Gasteiger partial charge in [-0.15, -0.1) is 24.0 Å². The minimum Gasteiger partial charge on any atom is -0.497 e. The molecule has 6 nitrogen and oxygen atoms in total. The number of hydrogen-bond acceptors (Lipinski definition) is 4. The Morgan fingerprint density at radius 3 is 2.30 bits per heavy atom. The second-order valence-corrected chi connectivity index (χ2v) is 5.46. The second kappa shape index (κ2) is 13.1. The Balaban J connectivity index is 0.00000364. The van der Waals surface area contributed by atoms with Crippen LogP contribution >= 0.6 is 24.0 Å². The van der Waals surface area contributed by atoms with Gasteiger partial charge < -0.3 is 24.8 Å². The van der Waals surface area contributed by atoms with Crippen molar-refractivity contribution in [1.29, 1.82) is 0 Å². The molecule has 0 unspecified atom stereocenters. The maximum atomic E-state index is 5.71. The average Bonchev–Trinajstić information content (AvgIpc) is 2.69. The number of hydrogen-bond donors (Lipinski definition) is 2. The van der Waals surface area contributed by atoms with E-state index in [2.05, 4.69) is 15.6 Å². The van der Waals surface area contributed by atoms with Gasteiger partial charge in [0.15, 0.2) is 5.96 Å². The lowest BCUT2D eigenvalue weighted by molar-refractivity contribution is 0.321. The molecular formula is C20H28IN3O3. The third-order valence-corrected chi connectivity index (χ3v) is 3.67. The van der Waals surface area contributed by atoms with Crippen molar-refractivity contribution in [2.45, 2.75) is 13.5 Å². The van der Waals surface area contributed by atoms with Gasteiger partial charge in [0, 0.05) is 12.1 Å². The Bertz CT molecular complexity index is 693. The van der Waals surface area contributed by atoms with E-state index in [1.54, 1.807) is 14.2 Å². The fourth-order valence-corrected chi connectivity index (χ4v) is 2.35. The number of aliphatic imine (C=N–C) groups is 1. The topological polar surface area (TPSA) is 64.1 Å². The van der Waals surface area contributed by atoms with Gasteiger partial charge >= 0.3 is 0 Å². The van der Waals surface area contributed by atoms with Crippen LogP contribution in [-0.2, 0) is 6.54 Å². The lowest BCUT2D eigenvalue weighted by Gasteiger charge is -2.13. The van der Waals surface area contributed by atoms with Crippen molar-refractivity contribution in [2.75, 3.05) is 33.9 Å². The molecule has 2 N–H and O–H groups in total. The quantitative estimate of drug-likeness (QED) is 0.247. The highest BCUT2D eigenvalue weighted by Crippen LogP contribution is 2.18. The minimum atomic E-state index is 0. The Morgan fingerprint density at radius 1 is 0.926 bits per heavy atom. The highest BCUT2D eigenvalue weighted by Gasteiger charge is 2.02. The van der Waals surface area contributed by atoms with Gasteiger partial charge in [0.25, 0.3) is 0 Å². The summed E-state index contributed by atoms with van der Waals surface area (Å²) in [7, 11) is 3.31. The van der Waals surface area contributed by atoms with Crippen LogP contribution in [0.3, 0.4) is 0 Å². The van der Waals surface area contributed by atoms with Crippen LogP contribution < -0.4 is 24.8 Å². The summed E-state index contributed by atoms with van der Waals surface area (Å²) >= 11 is 0. The number of para-hydroxylation sites is 1. The van der Waals surface area contributed by atoms with Gasteiger partial charge in [-0.05, 0) is 37.3 Å². The Hall–Kier alpha value is -2.16. The fraction of sp³-hybridized carbons (Fsp3) is 0.350. The van der Waals surface area contributed by atoms with Gasteiger partial charge in [0.1, 0.15) is 23.9 Å². The SMILES string of the molecule is CCNC(=NCc1ccccc1OC)NCCOc1ccc(OC)cc1.I. The van der Waals surface area contributed by atoms with Crippen molar-refractivity contribution in [3.63, 3.8) is 0 Å². The number of guanidine groups is 1. The standard InChI is InChI=1S/C20H27N3O3.HI/c1-4-21-20(23-15-16-7-5-6-8-19(16)25-3)22-13-14-26-18-11-9-17(24-2)10-12-18;/h5-12H,4,13-15H2,1-3H3,(H2,21,22,23);1H. The molecule has 0 saturated heterocycles. The normalized spacial score (nSPS) is 10.6. The molecule has 148 valence electrons. The first-order valence-corrected chi connectivity index (χ1v) is 8.67. The van der Waals surface area contributed by atoms with E-state index >= 15 is 0 Å². The summed E-state index contributed by atoms with van der Waals surface area (Å²) in [4.78, 5) is 4.60. The summed E-state index contributed by atoms with van der Waals surface area (Å²) in [6, 6.07) is 15.4. The number of benzene rings is 2. The lowest BCUT2D eigenvalue weighted by Crippen LogP contribution is -2.39. The van der Waals surface area contributed by atoms with E-state index in [0.29, 0.717) is 19.7 Å². The smallest absolute Gasteiger partial charge is 0.191 e. The molecule has 27 heavy (non-hydrogen) atoms. The molecule has 0 amide bonds. The average molecular weight is 485 g/mol. The van der Waals surface area contributed by atoms with E-state index in [0.717, 1.165) is 35.3 Å². The fourth-order valence-electron chi connectivity index (χ4n) is 2.35. The molecule has 0 spiro atoms. The van der Waals surface area contributed by atoms with Gasteiger partial charge in [-0.1, -0.05) is 18.2 Å². The van der Waals surface area contributed by atoms with Crippen molar-refractivity contribution in [3.8, 4) is 17.2 Å². The Morgan fingerprint density at radius 2 is 1.63 bits per heavy atom. The molecule has 0 heterocycles. The molecule has 0 radical (unpaired) electrons. The van der Waals surface area contributed by atoms with Gasteiger partial charge in [-0.25, -0.2) is 4.99 Å². The number of nitrogens with zero attached hydrogens (tertiary/aromatic N) is 1. The van der Waals surface area contributed by atoms with Gasteiger partial charge in [0.2, 0.25) is 0 Å². The van der Waals surface area contributed by atoms with Crippen LogP contribution in [0.4, 0.5) is 0 Å². The molecule has 7 heteroatoms. The molecular weight excluding hydrogens is 457 g/mol. The monoisotopic (exact) mass is 485 g/mol. The lowest BCUT2D eigenvalue weighted by atomic mass is 10.2. The third kappa shape index (κ3) is 7.94. The summed E-state index contributed by atoms with van der Waals surface area (Å²) in [5.74, 6) is 3.21. The molecule has 0 saturated carbocycles. The van der Waals surface area contributed by atoms with Crippen molar-refractivity contribution in [3.05, 3.63) is 54.1 Å². The number of nitrogens with one attached hydrogen (secondary N) is 2. The molecule has 0 bridgehead atoms. The summed E-state index contributed by atoms with van der Waals surface area (Å²) in [6.45, 7) is 4.54. The van der Waals surface area contributed by atoms with Crippen molar-refractivity contribution >= 4 is 29.9 Å². The van der Waals surface area contributed by atoms with Crippen LogP contribution in [0.1, 0.15) is 12.5 Å². The van der Waals surface area contributed by atoms with E-state index < -0.39 is 0 Å². The van der Waals surface area contributed by atoms with E-state index in [4.69, 9.17) is 14.2 Å². The molecule has 2 rings (SSSR count). The number of rotatable bonds is 9. The van der Waals surface area contributed by atoms with Crippen LogP contribution in [-0.4, -0.2) is 39.9 Å². The zero-order valence-corrected chi connectivity index (χ0v) is 18.4. The molecule has 0 aliphatic heterocycles. The predicted octanol–water partition coefficient (Wildman–Crippen LogP) is 3.46. The molecule has 0 atom stereocenters. The van der Waals surface area contributed by atoms with Crippen LogP contribution in [0, 0.1) is 0 Å². The molecule has 0 aromatic heterocycles. The van der Waals surface area contributed by atoms with Gasteiger partial charge in [0.05, 0.1) is 27.3 Å². The van der Waals surface area contributed by atoms with Crippen molar-refractivity contribution < 1.29 is 14.2 Å². The summed E-state index contributed by atoms with van der Waals surface area (Å²) in [5, 5.41) is 6.50. The predicted molar refractivity (Wildman–Crippen MR) is 120 cm³/mol. The van der Waals surface area contributed by atoms with Gasteiger partial charge in [-0.2, -0.15) is 0 Å². The van der Waals surface area contributed by atoms with E-state index in [1.807, 2.05) is 55.5 Å². The van der Waals surface area contributed by atoms with Crippen molar-refractivity contribution in [2.24, 2.45) is 4.99 Å². The minimum absolute atomic E-state index is 0. The van der Waals surface area contributed by atoms with E-state index in [-0.39, 0.29) is 24.0 Å². The largest absolute Gasteiger partial charge is 0.497 e. The summed E-state index contributed by atoms with van der Waals surface area (Å²) in [6.07, 6.45) is 0. The van der Waals surface area contributed by atoms with Crippen molar-refractivity contribution in [1.82, 2.24) is 10.6 Å². The number of halogens is 1. The maximum Gasteiger partial charge on any atom is 0.191 e. The first-order chi connectivity index (χ1) is 12.8. The maximum absolute atomic E-state index is 5.71. The van der Waals surface area contributed by atoms with Crippen LogP contribution in [0.2, 0.25) is 0 Å². The van der Waals surface area contributed by atoms with Crippen LogP contribution in [0.5, 0.6) is 17.2 Å². The van der Waals surface area contributed by atoms with E-state index in [9.17, 15) is 0 Å². The zero-order chi connectivity index (χ0) is 18.6. The highest BCUT2D eigenvalue weighted by molar-refractivity contribution is 14.0. The van der Waals surface area contributed by atoms with E-state index in [1.165, 1.54) is 0 Å². The van der Waals surface area contributed by atoms with Crippen LogP contribution in [0.15, 0.2) is 53.5 Å². The summed E-state index contributed by atoms with van der Waals surface area (Å²) in [5.41, 5.74) is 1.04. The summed E-state index contributed by atoms with van der Waals surface area (Å²) < 4.78 is 16.2. The first kappa shape index (κ1) is 22.9. The molecule has 0 aliphatic carbocycles. The highest BCUT2D eigenvalue weighted by atomic mass is 127. The zero-order valence-electron chi connectivity index (χ0n) is 16.0. The second-order valence-electron chi connectivity index (χ2n) is 5.46. The Labute approximate surface area is 178 Å². The molecule has 0 fully saturated rings. The van der Waals surface area contributed by atoms with Crippen LogP contribution in [0.25, 0.3) is 0 Å². The number of methoxy groups -OCH3 is 2. The number of ether oxygens (including phenoxy) is 3. The third-order valence-electron chi connectivity index (χ3n) is 3.67. The molecule has 2 aromatic rings. The Kier molecular flexibility index (Phi) is 11.1.